The summed E-state index contributed by atoms with van der Waals surface area (Å²) in [6, 6.07) is 64.4. The molecule has 0 aliphatic heterocycles. The lowest BCUT2D eigenvalue weighted by atomic mass is 9.80. The Kier molecular flexibility index (Phi) is 6.31. The van der Waals surface area contributed by atoms with Gasteiger partial charge in [0.2, 0.25) is 0 Å². The van der Waals surface area contributed by atoms with Crippen LogP contribution in [-0.4, -0.2) is 4.57 Å². The molecular formula is C55H41N. The van der Waals surface area contributed by atoms with Gasteiger partial charge >= 0.3 is 0 Å². The van der Waals surface area contributed by atoms with Crippen LogP contribution in [0.5, 0.6) is 0 Å². The van der Waals surface area contributed by atoms with Crippen molar-refractivity contribution in [3.8, 4) is 50.2 Å². The van der Waals surface area contributed by atoms with Crippen LogP contribution >= 0.6 is 0 Å². The molecule has 0 amide bonds. The lowest BCUT2D eigenvalue weighted by molar-refractivity contribution is 0.660. The minimum atomic E-state index is -0.0635. The summed E-state index contributed by atoms with van der Waals surface area (Å²) in [5.41, 5.74) is 24.0. The standard InChI is InChI=1S/C55H41N/c1-54(2)46-25-13-9-19-35(46)42-29-45-41(30-48(42)54)34-18-6-8-24-40(34)53(45)39-23-7-5-17-33(39)37-21-11-15-27-50(37)56-51-28-16-12-22-38(51)44-31-49-43(32-52(44)56)36-20-10-14-26-47(36)55(49,3)4/h5-32,53H,1-4H3. The maximum Gasteiger partial charge on any atom is 0.0547 e. The van der Waals surface area contributed by atoms with Crippen molar-refractivity contribution in [2.75, 3.05) is 0 Å². The molecule has 0 spiro atoms. The fraction of sp³-hybridized carbons (Fsp3) is 0.127. The Bertz CT molecular complexity index is 3150. The first kappa shape index (κ1) is 31.9. The fourth-order valence-corrected chi connectivity index (χ4v) is 11.0. The number of para-hydroxylation sites is 2. The average Bonchev–Trinajstić information content (AvgIpc) is 3.88. The lowest BCUT2D eigenvalue weighted by Crippen LogP contribution is -2.15. The number of hydrogen-bond acceptors (Lipinski definition) is 0. The van der Waals surface area contributed by atoms with Crippen LogP contribution < -0.4 is 0 Å². The molecule has 1 atom stereocenters. The van der Waals surface area contributed by atoms with Crippen molar-refractivity contribution in [1.29, 1.82) is 0 Å². The van der Waals surface area contributed by atoms with E-state index in [0.29, 0.717) is 0 Å². The van der Waals surface area contributed by atoms with Gasteiger partial charge in [-0.15, -0.1) is 0 Å². The zero-order valence-corrected chi connectivity index (χ0v) is 32.2. The predicted molar refractivity (Wildman–Crippen MR) is 234 cm³/mol. The number of aromatic nitrogens is 1. The number of fused-ring (bicyclic) bond motifs is 12. The zero-order valence-electron chi connectivity index (χ0n) is 32.2. The maximum absolute atomic E-state index is 2.54. The minimum absolute atomic E-state index is 0.0505. The third kappa shape index (κ3) is 4.05. The molecule has 0 N–H and O–H groups in total. The molecule has 0 saturated carbocycles. The first-order valence-corrected chi connectivity index (χ1v) is 20.1. The van der Waals surface area contributed by atoms with Crippen molar-refractivity contribution in [3.05, 3.63) is 209 Å². The van der Waals surface area contributed by atoms with E-state index in [9.17, 15) is 0 Å². The molecule has 1 unspecified atom stereocenters. The van der Waals surface area contributed by atoms with Gasteiger partial charge in [0, 0.05) is 33.1 Å². The summed E-state index contributed by atoms with van der Waals surface area (Å²) in [5.74, 6) is 0.104. The first-order chi connectivity index (χ1) is 27.3. The van der Waals surface area contributed by atoms with Gasteiger partial charge in [0.05, 0.1) is 16.7 Å². The average molecular weight is 716 g/mol. The predicted octanol–water partition coefficient (Wildman–Crippen LogP) is 14.2. The summed E-state index contributed by atoms with van der Waals surface area (Å²) in [5, 5.41) is 2.59. The summed E-state index contributed by atoms with van der Waals surface area (Å²) >= 11 is 0. The van der Waals surface area contributed by atoms with Gasteiger partial charge < -0.3 is 4.57 Å². The molecule has 12 rings (SSSR count). The van der Waals surface area contributed by atoms with Crippen LogP contribution in [0.2, 0.25) is 0 Å². The zero-order chi connectivity index (χ0) is 37.5. The van der Waals surface area contributed by atoms with Crippen LogP contribution in [0.25, 0.3) is 72.0 Å². The quantitative estimate of drug-likeness (QED) is 0.172. The third-order valence-corrected chi connectivity index (χ3v) is 13.7. The molecule has 1 heteroatoms. The smallest absolute Gasteiger partial charge is 0.0547 e. The molecule has 266 valence electrons. The van der Waals surface area contributed by atoms with E-state index in [2.05, 4.69) is 202 Å². The molecule has 1 aromatic heterocycles. The SMILES string of the molecule is CC1(C)c2ccccc2-c2cc3c(cc21)-c1ccccc1C3c1ccccc1-c1ccccc1-n1c2ccccc2c2cc3c(cc21)-c1ccccc1C3(C)C. The minimum Gasteiger partial charge on any atom is -0.309 e. The molecule has 3 aliphatic carbocycles. The monoisotopic (exact) mass is 715 g/mol. The second-order valence-corrected chi connectivity index (χ2v) is 17.2. The highest BCUT2D eigenvalue weighted by Crippen LogP contribution is 2.57. The first-order valence-electron chi connectivity index (χ1n) is 20.1. The normalized spacial score (nSPS) is 16.3. The molecule has 9 aromatic rings. The van der Waals surface area contributed by atoms with Crippen LogP contribution in [-0.2, 0) is 10.8 Å². The molecule has 3 aliphatic rings. The summed E-state index contributed by atoms with van der Waals surface area (Å²) in [4.78, 5) is 0. The summed E-state index contributed by atoms with van der Waals surface area (Å²) < 4.78 is 2.54. The molecule has 0 fully saturated rings. The highest BCUT2D eigenvalue weighted by atomic mass is 15.0. The Balaban J connectivity index is 1.10. The van der Waals surface area contributed by atoms with Gasteiger partial charge in [0.25, 0.3) is 0 Å². The Labute approximate surface area is 328 Å². The van der Waals surface area contributed by atoms with E-state index in [-0.39, 0.29) is 16.7 Å². The molecule has 1 heterocycles. The van der Waals surface area contributed by atoms with Crippen LogP contribution in [0.1, 0.15) is 72.6 Å². The van der Waals surface area contributed by atoms with Crippen molar-refractivity contribution in [1.82, 2.24) is 4.57 Å². The van der Waals surface area contributed by atoms with Crippen LogP contribution in [0.15, 0.2) is 170 Å². The van der Waals surface area contributed by atoms with E-state index in [1.54, 1.807) is 0 Å². The van der Waals surface area contributed by atoms with E-state index in [1.807, 2.05) is 0 Å². The van der Waals surface area contributed by atoms with Crippen LogP contribution in [0, 0.1) is 0 Å². The molecule has 0 bridgehead atoms. The number of nitrogens with zero attached hydrogens (tertiary/aromatic N) is 1. The number of hydrogen-bond donors (Lipinski definition) is 0. The van der Waals surface area contributed by atoms with Crippen molar-refractivity contribution in [2.45, 2.75) is 44.4 Å². The molecular weight excluding hydrogens is 675 g/mol. The Morgan fingerprint density at radius 2 is 0.839 bits per heavy atom. The highest BCUT2D eigenvalue weighted by molar-refractivity contribution is 6.12. The summed E-state index contributed by atoms with van der Waals surface area (Å²) in [6.45, 7) is 9.53. The topological polar surface area (TPSA) is 4.93 Å². The van der Waals surface area contributed by atoms with Gasteiger partial charge in [0.15, 0.2) is 0 Å². The maximum atomic E-state index is 2.54. The lowest BCUT2D eigenvalue weighted by Gasteiger charge is -2.23. The largest absolute Gasteiger partial charge is 0.309 e. The highest BCUT2D eigenvalue weighted by Gasteiger charge is 2.40. The van der Waals surface area contributed by atoms with Gasteiger partial charge in [-0.05, 0) is 114 Å². The van der Waals surface area contributed by atoms with E-state index in [4.69, 9.17) is 0 Å². The van der Waals surface area contributed by atoms with Gasteiger partial charge in [-0.25, -0.2) is 0 Å². The van der Waals surface area contributed by atoms with Crippen molar-refractivity contribution in [2.24, 2.45) is 0 Å². The molecule has 56 heavy (non-hydrogen) atoms. The second kappa shape index (κ2) is 11.1. The molecule has 0 radical (unpaired) electrons. The van der Waals surface area contributed by atoms with Crippen LogP contribution in [0.3, 0.4) is 0 Å². The van der Waals surface area contributed by atoms with E-state index in [1.165, 1.54) is 111 Å². The van der Waals surface area contributed by atoms with Crippen molar-refractivity contribution < 1.29 is 0 Å². The Morgan fingerprint density at radius 1 is 0.339 bits per heavy atom. The number of rotatable bonds is 3. The van der Waals surface area contributed by atoms with Gasteiger partial charge in [-0.3, -0.25) is 0 Å². The Hall–Kier alpha value is -6.44. The Morgan fingerprint density at radius 3 is 1.52 bits per heavy atom. The summed E-state index contributed by atoms with van der Waals surface area (Å²) in [6.07, 6.45) is 0. The van der Waals surface area contributed by atoms with Gasteiger partial charge in [-0.2, -0.15) is 0 Å². The third-order valence-electron chi connectivity index (χ3n) is 13.7. The number of benzene rings is 8. The van der Waals surface area contributed by atoms with E-state index >= 15 is 0 Å². The summed E-state index contributed by atoms with van der Waals surface area (Å²) in [7, 11) is 0. The molecule has 8 aromatic carbocycles. The van der Waals surface area contributed by atoms with Gasteiger partial charge in [-0.1, -0.05) is 161 Å². The van der Waals surface area contributed by atoms with Crippen molar-refractivity contribution >= 4 is 21.8 Å². The van der Waals surface area contributed by atoms with Crippen LogP contribution in [0.4, 0.5) is 0 Å². The second-order valence-electron chi connectivity index (χ2n) is 17.2. The molecule has 0 saturated heterocycles. The van der Waals surface area contributed by atoms with Crippen molar-refractivity contribution in [3.63, 3.8) is 0 Å². The van der Waals surface area contributed by atoms with E-state index < -0.39 is 0 Å². The molecule has 1 nitrogen and oxygen atoms in total. The van der Waals surface area contributed by atoms with Gasteiger partial charge in [0.1, 0.15) is 0 Å². The van der Waals surface area contributed by atoms with E-state index in [0.717, 1.165) is 0 Å². The fourth-order valence-electron chi connectivity index (χ4n) is 11.0.